The Balaban J connectivity index is 1.87. The van der Waals surface area contributed by atoms with Crippen LogP contribution in [0, 0.1) is 0 Å². The molecule has 0 aliphatic heterocycles. The zero-order valence-electron chi connectivity index (χ0n) is 8.87. The zero-order valence-corrected chi connectivity index (χ0v) is 8.87. The van der Waals surface area contributed by atoms with Gasteiger partial charge in [0.15, 0.2) is 0 Å². The van der Waals surface area contributed by atoms with Gasteiger partial charge in [-0.15, -0.1) is 0 Å². The molecule has 0 amide bonds. The molecule has 2 N–H and O–H groups in total. The third-order valence-corrected chi connectivity index (χ3v) is 3.13. The van der Waals surface area contributed by atoms with E-state index in [0.29, 0.717) is 12.8 Å². The number of nitrogens with two attached hydrogens (primary N) is 1. The molecule has 1 aromatic heterocycles. The van der Waals surface area contributed by atoms with Gasteiger partial charge in [-0.05, 0) is 24.5 Å². The maximum Gasteiger partial charge on any atom is 0.139 e. The van der Waals surface area contributed by atoms with Crippen LogP contribution in [0.5, 0.6) is 0 Å². The lowest BCUT2D eigenvalue weighted by atomic mass is 9.90. The van der Waals surface area contributed by atoms with E-state index >= 15 is 0 Å². The van der Waals surface area contributed by atoms with E-state index in [1.807, 2.05) is 6.07 Å². The first-order chi connectivity index (χ1) is 7.18. The quantitative estimate of drug-likeness (QED) is 0.822. The summed E-state index contributed by atoms with van der Waals surface area (Å²) >= 11 is 0. The van der Waals surface area contributed by atoms with E-state index in [1.54, 1.807) is 12.5 Å². The third kappa shape index (κ3) is 2.69. The number of hydrogen-bond acceptors (Lipinski definition) is 3. The standard InChI is InChI=1S/C12H17NO2/c13-12(4-1-2-5-12)8-11(14)7-10-3-6-15-9-10/h3,6,9H,1-2,4-5,7-8,13H2. The van der Waals surface area contributed by atoms with E-state index in [1.165, 1.54) is 0 Å². The molecule has 0 radical (unpaired) electrons. The van der Waals surface area contributed by atoms with Crippen molar-refractivity contribution in [2.24, 2.45) is 5.73 Å². The summed E-state index contributed by atoms with van der Waals surface area (Å²) in [7, 11) is 0. The zero-order chi connectivity index (χ0) is 10.7. The van der Waals surface area contributed by atoms with Crippen molar-refractivity contribution >= 4 is 5.78 Å². The second kappa shape index (κ2) is 4.19. The average Bonchev–Trinajstić information content (AvgIpc) is 2.76. The van der Waals surface area contributed by atoms with Gasteiger partial charge in [-0.25, -0.2) is 0 Å². The summed E-state index contributed by atoms with van der Waals surface area (Å²) in [6.07, 6.45) is 8.49. The topological polar surface area (TPSA) is 56.2 Å². The van der Waals surface area contributed by atoms with Crippen molar-refractivity contribution in [1.29, 1.82) is 0 Å². The molecule has 15 heavy (non-hydrogen) atoms. The molecule has 2 rings (SSSR count). The molecule has 0 unspecified atom stereocenters. The molecule has 0 bridgehead atoms. The molecular weight excluding hydrogens is 190 g/mol. The van der Waals surface area contributed by atoms with Crippen LogP contribution in [-0.2, 0) is 11.2 Å². The van der Waals surface area contributed by atoms with Gasteiger partial charge in [-0.3, -0.25) is 4.79 Å². The highest BCUT2D eigenvalue weighted by Crippen LogP contribution is 2.30. The number of rotatable bonds is 4. The largest absolute Gasteiger partial charge is 0.472 e. The second-order valence-corrected chi connectivity index (χ2v) is 4.59. The van der Waals surface area contributed by atoms with Gasteiger partial charge >= 0.3 is 0 Å². The van der Waals surface area contributed by atoms with Gasteiger partial charge in [0, 0.05) is 18.4 Å². The number of carbonyl (C=O) groups excluding carboxylic acids is 1. The van der Waals surface area contributed by atoms with Crippen molar-refractivity contribution in [2.75, 3.05) is 0 Å². The molecule has 3 heteroatoms. The lowest BCUT2D eigenvalue weighted by molar-refractivity contribution is -0.119. The maximum atomic E-state index is 11.7. The van der Waals surface area contributed by atoms with Crippen molar-refractivity contribution in [3.63, 3.8) is 0 Å². The van der Waals surface area contributed by atoms with Gasteiger partial charge in [0.25, 0.3) is 0 Å². The first-order valence-electron chi connectivity index (χ1n) is 5.50. The lowest BCUT2D eigenvalue weighted by Crippen LogP contribution is -2.39. The highest BCUT2D eigenvalue weighted by atomic mass is 16.3. The van der Waals surface area contributed by atoms with E-state index in [-0.39, 0.29) is 11.3 Å². The Hall–Kier alpha value is -1.09. The predicted molar refractivity (Wildman–Crippen MR) is 57.4 cm³/mol. The molecule has 0 saturated heterocycles. The Morgan fingerprint density at radius 3 is 2.80 bits per heavy atom. The van der Waals surface area contributed by atoms with E-state index in [2.05, 4.69) is 0 Å². The molecule has 0 aromatic carbocycles. The van der Waals surface area contributed by atoms with Crippen LogP contribution in [0.15, 0.2) is 23.0 Å². The van der Waals surface area contributed by atoms with Crippen LogP contribution in [0.3, 0.4) is 0 Å². The third-order valence-electron chi connectivity index (χ3n) is 3.13. The van der Waals surface area contributed by atoms with Crippen LogP contribution in [0.25, 0.3) is 0 Å². The predicted octanol–water partition coefficient (Wildman–Crippen LogP) is 2.05. The van der Waals surface area contributed by atoms with Crippen molar-refractivity contribution in [3.8, 4) is 0 Å². The van der Waals surface area contributed by atoms with Crippen LogP contribution < -0.4 is 5.73 Å². The monoisotopic (exact) mass is 207 g/mol. The summed E-state index contributed by atoms with van der Waals surface area (Å²) in [6, 6.07) is 1.83. The molecule has 82 valence electrons. The fourth-order valence-corrected chi connectivity index (χ4v) is 2.33. The first kappa shape index (κ1) is 10.4. The molecule has 3 nitrogen and oxygen atoms in total. The average molecular weight is 207 g/mol. The molecule has 0 spiro atoms. The Morgan fingerprint density at radius 1 is 1.47 bits per heavy atom. The minimum Gasteiger partial charge on any atom is -0.472 e. The van der Waals surface area contributed by atoms with Gasteiger partial charge < -0.3 is 10.2 Å². The van der Waals surface area contributed by atoms with Crippen molar-refractivity contribution in [1.82, 2.24) is 0 Å². The molecule has 1 fully saturated rings. The summed E-state index contributed by atoms with van der Waals surface area (Å²) in [6.45, 7) is 0. The van der Waals surface area contributed by atoms with E-state index in [0.717, 1.165) is 31.2 Å². The summed E-state index contributed by atoms with van der Waals surface area (Å²) in [5.74, 6) is 0.223. The second-order valence-electron chi connectivity index (χ2n) is 4.59. The molecule has 1 saturated carbocycles. The minimum atomic E-state index is -0.221. The highest BCUT2D eigenvalue weighted by molar-refractivity contribution is 5.81. The Kier molecular flexibility index (Phi) is 2.91. The molecule has 1 aromatic rings. The van der Waals surface area contributed by atoms with E-state index < -0.39 is 0 Å². The van der Waals surface area contributed by atoms with Crippen molar-refractivity contribution in [3.05, 3.63) is 24.2 Å². The molecule has 1 aliphatic rings. The van der Waals surface area contributed by atoms with E-state index in [9.17, 15) is 4.79 Å². The summed E-state index contributed by atoms with van der Waals surface area (Å²) in [4.78, 5) is 11.7. The van der Waals surface area contributed by atoms with Crippen LogP contribution in [0.1, 0.15) is 37.7 Å². The van der Waals surface area contributed by atoms with Gasteiger partial charge in [-0.2, -0.15) is 0 Å². The van der Waals surface area contributed by atoms with Gasteiger partial charge in [-0.1, -0.05) is 12.8 Å². The summed E-state index contributed by atoms with van der Waals surface area (Å²) < 4.78 is 4.93. The van der Waals surface area contributed by atoms with Crippen LogP contribution in [0.4, 0.5) is 0 Å². The number of furan rings is 1. The van der Waals surface area contributed by atoms with Crippen LogP contribution in [0.2, 0.25) is 0 Å². The van der Waals surface area contributed by atoms with Crippen molar-refractivity contribution < 1.29 is 9.21 Å². The Labute approximate surface area is 89.6 Å². The number of carbonyl (C=O) groups is 1. The fraction of sp³-hybridized carbons (Fsp3) is 0.583. The number of hydrogen-bond donors (Lipinski definition) is 1. The van der Waals surface area contributed by atoms with Gasteiger partial charge in [0.1, 0.15) is 5.78 Å². The van der Waals surface area contributed by atoms with Crippen LogP contribution >= 0.6 is 0 Å². The highest BCUT2D eigenvalue weighted by Gasteiger charge is 2.31. The maximum absolute atomic E-state index is 11.7. The Morgan fingerprint density at radius 2 is 2.20 bits per heavy atom. The fourth-order valence-electron chi connectivity index (χ4n) is 2.33. The normalized spacial score (nSPS) is 19.3. The molecule has 1 heterocycles. The Bertz CT molecular complexity index is 323. The first-order valence-corrected chi connectivity index (χ1v) is 5.50. The van der Waals surface area contributed by atoms with Crippen molar-refractivity contribution in [2.45, 2.75) is 44.1 Å². The van der Waals surface area contributed by atoms with Gasteiger partial charge in [0.2, 0.25) is 0 Å². The van der Waals surface area contributed by atoms with E-state index in [4.69, 9.17) is 10.2 Å². The van der Waals surface area contributed by atoms with Gasteiger partial charge in [0.05, 0.1) is 12.5 Å². The minimum absolute atomic E-state index is 0.221. The SMILES string of the molecule is NC1(CC(=O)Cc2ccoc2)CCCC1. The number of Topliss-reactive ketones (excluding diaryl/α,β-unsaturated/α-hetero) is 1. The molecule has 1 aliphatic carbocycles. The van der Waals surface area contributed by atoms with Crippen LogP contribution in [-0.4, -0.2) is 11.3 Å². The molecule has 0 atom stereocenters. The lowest BCUT2D eigenvalue weighted by Gasteiger charge is -2.22. The summed E-state index contributed by atoms with van der Waals surface area (Å²) in [5.41, 5.74) is 6.87. The molecular formula is C12H17NO2. The smallest absolute Gasteiger partial charge is 0.139 e. The number of ketones is 1. The summed E-state index contributed by atoms with van der Waals surface area (Å²) in [5, 5.41) is 0.